The van der Waals surface area contributed by atoms with Crippen molar-refractivity contribution in [1.82, 2.24) is 9.88 Å². The molecule has 0 saturated heterocycles. The van der Waals surface area contributed by atoms with Gasteiger partial charge in [-0.1, -0.05) is 31.9 Å². The fourth-order valence-corrected chi connectivity index (χ4v) is 2.42. The van der Waals surface area contributed by atoms with E-state index in [1.54, 1.807) is 4.90 Å². The molecule has 1 aromatic carbocycles. The third-order valence-electron chi connectivity index (χ3n) is 3.51. The predicted octanol–water partition coefficient (Wildman–Crippen LogP) is 2.79. The van der Waals surface area contributed by atoms with E-state index in [4.69, 9.17) is 5.11 Å². The number of H-pyrrole nitrogens is 1. The van der Waals surface area contributed by atoms with Crippen LogP contribution in [0.25, 0.3) is 10.9 Å². The largest absolute Gasteiger partial charge is 0.395 e. The smallest absolute Gasteiger partial charge is 0.256 e. The van der Waals surface area contributed by atoms with Gasteiger partial charge >= 0.3 is 0 Å². The summed E-state index contributed by atoms with van der Waals surface area (Å²) in [6.07, 6.45) is 5.03. The molecule has 0 aliphatic carbocycles. The molecule has 1 amide bonds. The number of aliphatic hydroxyl groups is 1. The molecule has 0 atom stereocenters. The van der Waals surface area contributed by atoms with Gasteiger partial charge in [-0.3, -0.25) is 4.79 Å². The first-order valence-electron chi connectivity index (χ1n) is 7.24. The lowest BCUT2D eigenvalue weighted by atomic mass is 10.1. The molecule has 0 unspecified atom stereocenters. The summed E-state index contributed by atoms with van der Waals surface area (Å²) < 4.78 is 0. The first-order chi connectivity index (χ1) is 9.77. The van der Waals surface area contributed by atoms with Crippen LogP contribution in [-0.4, -0.2) is 40.6 Å². The highest BCUT2D eigenvalue weighted by Crippen LogP contribution is 2.18. The molecule has 4 heteroatoms. The zero-order chi connectivity index (χ0) is 14.4. The maximum absolute atomic E-state index is 12.6. The highest BCUT2D eigenvalue weighted by molar-refractivity contribution is 6.05. The Morgan fingerprint density at radius 1 is 1.25 bits per heavy atom. The molecule has 0 saturated carbocycles. The molecule has 2 aromatic rings. The number of carbonyl (C=O) groups excluding carboxylic acids is 1. The lowest BCUT2D eigenvalue weighted by Gasteiger charge is -2.22. The molecule has 0 radical (unpaired) electrons. The van der Waals surface area contributed by atoms with Crippen molar-refractivity contribution < 1.29 is 9.90 Å². The highest BCUT2D eigenvalue weighted by Gasteiger charge is 2.17. The molecule has 2 N–H and O–H groups in total. The van der Waals surface area contributed by atoms with Gasteiger partial charge in [-0.15, -0.1) is 0 Å². The van der Waals surface area contributed by atoms with Gasteiger partial charge in [-0.05, 0) is 18.6 Å². The maximum atomic E-state index is 12.6. The van der Waals surface area contributed by atoms with Crippen LogP contribution in [0.15, 0.2) is 30.5 Å². The summed E-state index contributed by atoms with van der Waals surface area (Å²) >= 11 is 0. The summed E-state index contributed by atoms with van der Waals surface area (Å²) in [6, 6.07) is 7.67. The number of aromatic amines is 1. The SMILES string of the molecule is CCCCCN(CCO)C(=O)c1cccc2cc[nH]c12. The van der Waals surface area contributed by atoms with E-state index in [0.717, 1.165) is 30.2 Å². The third-order valence-corrected chi connectivity index (χ3v) is 3.51. The molecular weight excluding hydrogens is 252 g/mol. The number of para-hydroxylation sites is 1. The van der Waals surface area contributed by atoms with Crippen LogP contribution in [-0.2, 0) is 0 Å². The molecule has 0 bridgehead atoms. The Balaban J connectivity index is 2.19. The van der Waals surface area contributed by atoms with E-state index in [9.17, 15) is 4.79 Å². The second kappa shape index (κ2) is 7.10. The summed E-state index contributed by atoms with van der Waals surface area (Å²) in [7, 11) is 0. The quantitative estimate of drug-likeness (QED) is 0.763. The second-order valence-electron chi connectivity index (χ2n) is 4.97. The van der Waals surface area contributed by atoms with Gasteiger partial charge in [0.05, 0.1) is 17.7 Å². The molecule has 1 aromatic heterocycles. The lowest BCUT2D eigenvalue weighted by Crippen LogP contribution is -2.34. The number of benzene rings is 1. The van der Waals surface area contributed by atoms with Crippen LogP contribution in [0, 0.1) is 0 Å². The monoisotopic (exact) mass is 274 g/mol. The zero-order valence-electron chi connectivity index (χ0n) is 11.9. The molecule has 0 spiro atoms. The van der Waals surface area contributed by atoms with E-state index in [2.05, 4.69) is 11.9 Å². The van der Waals surface area contributed by atoms with E-state index in [-0.39, 0.29) is 12.5 Å². The van der Waals surface area contributed by atoms with Crippen molar-refractivity contribution >= 4 is 16.8 Å². The van der Waals surface area contributed by atoms with Crippen LogP contribution in [0.1, 0.15) is 36.5 Å². The fraction of sp³-hybridized carbons (Fsp3) is 0.438. The Bertz CT molecular complexity index is 562. The summed E-state index contributed by atoms with van der Waals surface area (Å²) in [5.41, 5.74) is 1.55. The van der Waals surface area contributed by atoms with Gasteiger partial charge in [0.15, 0.2) is 0 Å². The number of carbonyl (C=O) groups is 1. The summed E-state index contributed by atoms with van der Waals surface area (Å²) in [5.74, 6) is -0.0109. The van der Waals surface area contributed by atoms with Crippen LogP contribution in [0.4, 0.5) is 0 Å². The average Bonchev–Trinajstić information content (AvgIpc) is 2.94. The van der Waals surface area contributed by atoms with Crippen LogP contribution >= 0.6 is 0 Å². The van der Waals surface area contributed by atoms with E-state index >= 15 is 0 Å². The molecular formula is C16H22N2O2. The van der Waals surface area contributed by atoms with Gasteiger partial charge < -0.3 is 15.0 Å². The number of amides is 1. The number of aliphatic hydroxyl groups excluding tert-OH is 1. The normalized spacial score (nSPS) is 10.9. The van der Waals surface area contributed by atoms with Crippen molar-refractivity contribution in [3.8, 4) is 0 Å². The topological polar surface area (TPSA) is 56.3 Å². The Morgan fingerprint density at radius 3 is 2.85 bits per heavy atom. The first kappa shape index (κ1) is 14.6. The third kappa shape index (κ3) is 3.20. The molecule has 0 aliphatic heterocycles. The van der Waals surface area contributed by atoms with Gasteiger partial charge in [-0.2, -0.15) is 0 Å². The molecule has 1 heterocycles. The van der Waals surface area contributed by atoms with Crippen LogP contribution < -0.4 is 0 Å². The van der Waals surface area contributed by atoms with E-state index in [0.29, 0.717) is 18.7 Å². The number of fused-ring (bicyclic) bond motifs is 1. The van der Waals surface area contributed by atoms with Gasteiger partial charge in [0.25, 0.3) is 5.91 Å². The molecule has 108 valence electrons. The molecule has 0 aliphatic rings. The van der Waals surface area contributed by atoms with Crippen LogP contribution in [0.5, 0.6) is 0 Å². The van der Waals surface area contributed by atoms with E-state index in [1.807, 2.05) is 30.5 Å². The standard InChI is InChI=1S/C16H22N2O2/c1-2-3-4-10-18(11-12-19)16(20)14-7-5-6-13-8-9-17-15(13)14/h5-9,17,19H,2-4,10-12H2,1H3. The van der Waals surface area contributed by atoms with Crippen molar-refractivity contribution in [3.05, 3.63) is 36.0 Å². The Morgan fingerprint density at radius 2 is 2.10 bits per heavy atom. The number of hydrogen-bond acceptors (Lipinski definition) is 2. The van der Waals surface area contributed by atoms with Crippen molar-refractivity contribution in [1.29, 1.82) is 0 Å². The van der Waals surface area contributed by atoms with E-state index in [1.165, 1.54) is 0 Å². The number of aromatic nitrogens is 1. The Kier molecular flexibility index (Phi) is 5.18. The number of hydrogen-bond donors (Lipinski definition) is 2. The van der Waals surface area contributed by atoms with Gasteiger partial charge in [-0.25, -0.2) is 0 Å². The summed E-state index contributed by atoms with van der Waals surface area (Å²) in [5, 5.41) is 10.2. The molecule has 0 fully saturated rings. The fourth-order valence-electron chi connectivity index (χ4n) is 2.42. The zero-order valence-corrected chi connectivity index (χ0v) is 11.9. The molecule has 4 nitrogen and oxygen atoms in total. The minimum absolute atomic E-state index is 0.00142. The summed E-state index contributed by atoms with van der Waals surface area (Å²) in [4.78, 5) is 17.5. The number of nitrogens with zero attached hydrogens (tertiary/aromatic N) is 1. The predicted molar refractivity (Wildman–Crippen MR) is 80.8 cm³/mol. The minimum atomic E-state index is -0.0109. The first-order valence-corrected chi connectivity index (χ1v) is 7.24. The molecule has 2 rings (SSSR count). The van der Waals surface area contributed by atoms with Gasteiger partial charge in [0.2, 0.25) is 0 Å². The van der Waals surface area contributed by atoms with Crippen molar-refractivity contribution in [2.75, 3.05) is 19.7 Å². The second-order valence-corrected chi connectivity index (χ2v) is 4.97. The van der Waals surface area contributed by atoms with Crippen molar-refractivity contribution in [2.24, 2.45) is 0 Å². The van der Waals surface area contributed by atoms with Crippen molar-refractivity contribution in [3.63, 3.8) is 0 Å². The number of rotatable bonds is 7. The highest BCUT2D eigenvalue weighted by atomic mass is 16.3. The molecule has 20 heavy (non-hydrogen) atoms. The Labute approximate surface area is 119 Å². The number of nitrogens with one attached hydrogen (secondary N) is 1. The minimum Gasteiger partial charge on any atom is -0.395 e. The van der Waals surface area contributed by atoms with Crippen LogP contribution in [0.3, 0.4) is 0 Å². The summed E-state index contributed by atoms with van der Waals surface area (Å²) in [6.45, 7) is 3.22. The lowest BCUT2D eigenvalue weighted by molar-refractivity contribution is 0.0720. The van der Waals surface area contributed by atoms with Crippen molar-refractivity contribution in [2.45, 2.75) is 26.2 Å². The average molecular weight is 274 g/mol. The van der Waals surface area contributed by atoms with Gasteiger partial charge in [0, 0.05) is 24.7 Å². The van der Waals surface area contributed by atoms with Crippen LogP contribution in [0.2, 0.25) is 0 Å². The Hall–Kier alpha value is -1.81. The van der Waals surface area contributed by atoms with E-state index < -0.39 is 0 Å². The number of unbranched alkanes of at least 4 members (excludes halogenated alkanes) is 2. The maximum Gasteiger partial charge on any atom is 0.256 e. The van der Waals surface area contributed by atoms with Gasteiger partial charge in [0.1, 0.15) is 0 Å².